The molecule has 8 heteroatoms. The topological polar surface area (TPSA) is 111 Å². The first-order valence-corrected chi connectivity index (χ1v) is 10.7. The lowest BCUT2D eigenvalue weighted by Gasteiger charge is -2.06. The Hall–Kier alpha value is -3.29. The second kappa shape index (κ2) is 16.4. The zero-order valence-electron chi connectivity index (χ0n) is 18.5. The molecule has 5 N–H and O–H groups in total. The van der Waals surface area contributed by atoms with Crippen LogP contribution in [0.1, 0.15) is 30.4 Å². The van der Waals surface area contributed by atoms with Crippen molar-refractivity contribution in [3.63, 3.8) is 0 Å². The highest BCUT2D eigenvalue weighted by Crippen LogP contribution is 2.11. The second-order valence-electron chi connectivity index (χ2n) is 7.24. The fourth-order valence-corrected chi connectivity index (χ4v) is 2.77. The highest BCUT2D eigenvalue weighted by Gasteiger charge is 1.97. The lowest BCUT2D eigenvalue weighted by atomic mass is 10.2. The average Bonchev–Trinajstić information content (AvgIpc) is 2.79. The van der Waals surface area contributed by atoms with Crippen LogP contribution < -0.4 is 16.0 Å². The Morgan fingerprint density at radius 3 is 1.52 bits per heavy atom. The van der Waals surface area contributed by atoms with Crippen molar-refractivity contribution < 1.29 is 19.8 Å². The van der Waals surface area contributed by atoms with Crippen LogP contribution in [0.5, 0.6) is 11.5 Å². The monoisotopic (exact) mass is 473 g/mol. The first-order valence-electron chi connectivity index (χ1n) is 10.7. The summed E-state index contributed by atoms with van der Waals surface area (Å²) < 4.78 is 0. The van der Waals surface area contributed by atoms with Crippen LogP contribution >= 0.6 is 12.4 Å². The van der Waals surface area contributed by atoms with Gasteiger partial charge in [0.05, 0.1) is 0 Å². The third-order valence-electron chi connectivity index (χ3n) is 4.55. The van der Waals surface area contributed by atoms with Crippen LogP contribution in [0.2, 0.25) is 0 Å². The molecule has 0 saturated carbocycles. The number of phenolic OH excluding ortho intramolecular Hbond substituents is 2. The highest BCUT2D eigenvalue weighted by atomic mass is 35.5. The Morgan fingerprint density at radius 2 is 1.03 bits per heavy atom. The van der Waals surface area contributed by atoms with Crippen molar-refractivity contribution in [1.29, 1.82) is 0 Å². The van der Waals surface area contributed by atoms with Crippen LogP contribution in [-0.2, 0) is 9.59 Å². The van der Waals surface area contributed by atoms with Gasteiger partial charge in [-0.1, -0.05) is 24.3 Å². The van der Waals surface area contributed by atoms with Gasteiger partial charge in [-0.05, 0) is 79.9 Å². The van der Waals surface area contributed by atoms with Crippen LogP contribution in [0.15, 0.2) is 60.7 Å². The van der Waals surface area contributed by atoms with Crippen molar-refractivity contribution in [2.24, 2.45) is 0 Å². The molecule has 33 heavy (non-hydrogen) atoms. The molecule has 178 valence electrons. The zero-order chi connectivity index (χ0) is 23.0. The molecule has 0 heterocycles. The fourth-order valence-electron chi connectivity index (χ4n) is 2.77. The van der Waals surface area contributed by atoms with Crippen LogP contribution in [0.4, 0.5) is 0 Å². The Bertz CT molecular complexity index is 821. The Kier molecular flexibility index (Phi) is 13.8. The van der Waals surface area contributed by atoms with Crippen molar-refractivity contribution in [2.45, 2.75) is 19.3 Å². The van der Waals surface area contributed by atoms with Gasteiger partial charge in [-0.25, -0.2) is 0 Å². The Balaban J connectivity index is 0.00000544. The number of phenols is 2. The number of aromatic hydroxyl groups is 2. The SMILES string of the molecule is Cl.O=C(/C=C/c1ccc(O)cc1)NCCCCNCCCNC(=O)/C=C/c1ccc(O)cc1. The summed E-state index contributed by atoms with van der Waals surface area (Å²) >= 11 is 0. The number of hydrogen-bond donors (Lipinski definition) is 5. The molecule has 0 aromatic heterocycles. The standard InChI is InChI=1S/C25H31N3O4.ClH/c29-22-10-4-20(5-11-22)8-14-24(31)27-18-2-1-16-26-17-3-19-28-25(32)15-9-21-6-12-23(30)13-7-21;/h4-15,26,29-30H,1-3,16-19H2,(H,27,31)(H,28,32);1H/b14-8+,15-9+;. The van der Waals surface area contributed by atoms with E-state index in [4.69, 9.17) is 0 Å². The number of rotatable bonds is 13. The van der Waals surface area contributed by atoms with Gasteiger partial charge in [0.1, 0.15) is 11.5 Å². The number of hydrogen-bond acceptors (Lipinski definition) is 5. The molecule has 0 aliphatic heterocycles. The molecule has 0 fully saturated rings. The van der Waals surface area contributed by atoms with E-state index in [1.807, 2.05) is 0 Å². The lowest BCUT2D eigenvalue weighted by Crippen LogP contribution is -2.27. The van der Waals surface area contributed by atoms with E-state index in [0.29, 0.717) is 13.1 Å². The van der Waals surface area contributed by atoms with E-state index >= 15 is 0 Å². The number of carbonyl (C=O) groups is 2. The molecule has 0 saturated heterocycles. The van der Waals surface area contributed by atoms with E-state index in [1.54, 1.807) is 60.7 Å². The van der Waals surface area contributed by atoms with E-state index in [9.17, 15) is 19.8 Å². The molecular weight excluding hydrogens is 442 g/mol. The van der Waals surface area contributed by atoms with Crippen molar-refractivity contribution in [1.82, 2.24) is 16.0 Å². The summed E-state index contributed by atoms with van der Waals surface area (Å²) in [5, 5.41) is 27.5. The quantitative estimate of drug-likeness (QED) is 0.226. The minimum Gasteiger partial charge on any atom is -0.508 e. The fraction of sp³-hybridized carbons (Fsp3) is 0.280. The number of carbonyl (C=O) groups excluding carboxylic acids is 2. The van der Waals surface area contributed by atoms with E-state index in [1.165, 1.54) is 12.2 Å². The predicted octanol–water partition coefficient (Wildman–Crippen LogP) is 3.24. The molecular formula is C25H32ClN3O4. The molecule has 2 amide bonds. The second-order valence-corrected chi connectivity index (χ2v) is 7.24. The highest BCUT2D eigenvalue weighted by molar-refractivity contribution is 5.92. The van der Waals surface area contributed by atoms with Crippen molar-refractivity contribution >= 4 is 36.4 Å². The van der Waals surface area contributed by atoms with Crippen LogP contribution in [-0.4, -0.2) is 48.2 Å². The van der Waals surface area contributed by atoms with Gasteiger partial charge in [0.15, 0.2) is 0 Å². The van der Waals surface area contributed by atoms with Gasteiger partial charge in [-0.2, -0.15) is 0 Å². The normalized spacial score (nSPS) is 10.8. The maximum Gasteiger partial charge on any atom is 0.243 e. The van der Waals surface area contributed by atoms with E-state index in [0.717, 1.165) is 43.5 Å². The molecule has 2 rings (SSSR count). The van der Waals surface area contributed by atoms with Crippen LogP contribution in [0, 0.1) is 0 Å². The lowest BCUT2D eigenvalue weighted by molar-refractivity contribution is -0.117. The summed E-state index contributed by atoms with van der Waals surface area (Å²) in [7, 11) is 0. The maximum atomic E-state index is 11.8. The smallest absolute Gasteiger partial charge is 0.243 e. The molecule has 2 aromatic carbocycles. The number of halogens is 1. The number of benzene rings is 2. The summed E-state index contributed by atoms with van der Waals surface area (Å²) in [6.07, 6.45) is 9.03. The summed E-state index contributed by atoms with van der Waals surface area (Å²) in [5.41, 5.74) is 1.70. The summed E-state index contributed by atoms with van der Waals surface area (Å²) in [6.45, 7) is 2.87. The number of nitrogens with one attached hydrogen (secondary N) is 3. The van der Waals surface area contributed by atoms with Crippen molar-refractivity contribution in [3.8, 4) is 11.5 Å². The molecule has 0 atom stereocenters. The van der Waals surface area contributed by atoms with E-state index in [-0.39, 0.29) is 35.7 Å². The first-order chi connectivity index (χ1) is 15.5. The third-order valence-corrected chi connectivity index (χ3v) is 4.55. The van der Waals surface area contributed by atoms with Gasteiger partial charge in [-0.15, -0.1) is 12.4 Å². The molecule has 0 spiro atoms. The first kappa shape index (κ1) is 27.7. The van der Waals surface area contributed by atoms with E-state index < -0.39 is 0 Å². The maximum absolute atomic E-state index is 11.8. The summed E-state index contributed by atoms with van der Waals surface area (Å²) in [5.74, 6) is 0.113. The van der Waals surface area contributed by atoms with Gasteiger partial charge in [0, 0.05) is 25.2 Å². The summed E-state index contributed by atoms with van der Waals surface area (Å²) in [4.78, 5) is 23.5. The van der Waals surface area contributed by atoms with Crippen LogP contribution in [0.3, 0.4) is 0 Å². The predicted molar refractivity (Wildman–Crippen MR) is 134 cm³/mol. The van der Waals surface area contributed by atoms with Crippen molar-refractivity contribution in [3.05, 3.63) is 71.8 Å². The molecule has 0 unspecified atom stereocenters. The van der Waals surface area contributed by atoms with Crippen molar-refractivity contribution in [2.75, 3.05) is 26.2 Å². The minimum atomic E-state index is -0.145. The van der Waals surface area contributed by atoms with Gasteiger partial charge in [0.2, 0.25) is 11.8 Å². The third kappa shape index (κ3) is 13.0. The van der Waals surface area contributed by atoms with Crippen LogP contribution in [0.25, 0.3) is 12.2 Å². The summed E-state index contributed by atoms with van der Waals surface area (Å²) in [6, 6.07) is 13.3. The van der Waals surface area contributed by atoms with Gasteiger partial charge in [-0.3, -0.25) is 9.59 Å². The van der Waals surface area contributed by atoms with E-state index in [2.05, 4.69) is 16.0 Å². The largest absolute Gasteiger partial charge is 0.508 e. The minimum absolute atomic E-state index is 0. The molecule has 2 aromatic rings. The van der Waals surface area contributed by atoms with Gasteiger partial charge in [0.25, 0.3) is 0 Å². The number of unbranched alkanes of at least 4 members (excludes halogenated alkanes) is 1. The number of amides is 2. The Labute approximate surface area is 201 Å². The molecule has 0 bridgehead atoms. The zero-order valence-corrected chi connectivity index (χ0v) is 19.3. The average molecular weight is 474 g/mol. The molecule has 0 radical (unpaired) electrons. The van der Waals surface area contributed by atoms with Gasteiger partial charge < -0.3 is 26.2 Å². The molecule has 0 aliphatic rings. The molecule has 0 aliphatic carbocycles. The Morgan fingerprint density at radius 1 is 0.636 bits per heavy atom. The van der Waals surface area contributed by atoms with Gasteiger partial charge >= 0.3 is 0 Å². The molecule has 7 nitrogen and oxygen atoms in total.